The first kappa shape index (κ1) is 13.7. The number of hydrogen-bond donors (Lipinski definition) is 2. The summed E-state index contributed by atoms with van der Waals surface area (Å²) < 4.78 is 0. The molecule has 0 spiro atoms. The summed E-state index contributed by atoms with van der Waals surface area (Å²) in [6, 6.07) is 0. The summed E-state index contributed by atoms with van der Waals surface area (Å²) in [5.74, 6) is -0.938. The van der Waals surface area contributed by atoms with Crippen LogP contribution in [-0.4, -0.2) is 23.5 Å². The standard InChI is InChI=1S/C13H21NO3/c1-3-6-10(2)11(15)14-9-13(12(16)17)7-4-5-8-13/h6H,3-5,7-9H2,1-2H3,(H,14,15)(H,16,17)/b10-6-. The molecule has 0 radical (unpaired) electrons. The van der Waals surface area contributed by atoms with Gasteiger partial charge in [0.2, 0.25) is 5.91 Å². The van der Waals surface area contributed by atoms with Crippen molar-refractivity contribution in [2.24, 2.45) is 5.41 Å². The van der Waals surface area contributed by atoms with E-state index in [0.717, 1.165) is 19.3 Å². The van der Waals surface area contributed by atoms with E-state index in [1.165, 1.54) is 0 Å². The van der Waals surface area contributed by atoms with Gasteiger partial charge in [-0.1, -0.05) is 25.8 Å². The fourth-order valence-electron chi connectivity index (χ4n) is 2.31. The first-order chi connectivity index (χ1) is 8.02. The fraction of sp³-hybridized carbons (Fsp3) is 0.692. The topological polar surface area (TPSA) is 66.4 Å². The van der Waals surface area contributed by atoms with Gasteiger partial charge in [-0.15, -0.1) is 0 Å². The molecule has 2 N–H and O–H groups in total. The lowest BCUT2D eigenvalue weighted by Gasteiger charge is -2.24. The van der Waals surface area contributed by atoms with Gasteiger partial charge in [0, 0.05) is 12.1 Å². The third kappa shape index (κ3) is 3.32. The van der Waals surface area contributed by atoms with E-state index < -0.39 is 11.4 Å². The molecular weight excluding hydrogens is 218 g/mol. The minimum Gasteiger partial charge on any atom is -0.481 e. The van der Waals surface area contributed by atoms with Crippen LogP contribution in [0.2, 0.25) is 0 Å². The van der Waals surface area contributed by atoms with Gasteiger partial charge >= 0.3 is 5.97 Å². The second-order valence-electron chi connectivity index (χ2n) is 4.77. The third-order valence-corrected chi connectivity index (χ3v) is 3.47. The highest BCUT2D eigenvalue weighted by molar-refractivity contribution is 5.93. The molecule has 0 atom stereocenters. The maximum atomic E-state index is 11.7. The maximum Gasteiger partial charge on any atom is 0.311 e. The first-order valence-corrected chi connectivity index (χ1v) is 6.20. The molecule has 1 aliphatic rings. The molecule has 96 valence electrons. The van der Waals surface area contributed by atoms with Crippen molar-refractivity contribution in [1.82, 2.24) is 5.32 Å². The maximum absolute atomic E-state index is 11.7. The van der Waals surface area contributed by atoms with Crippen LogP contribution in [0.1, 0.15) is 46.0 Å². The zero-order valence-electron chi connectivity index (χ0n) is 10.6. The van der Waals surface area contributed by atoms with Crippen LogP contribution >= 0.6 is 0 Å². The lowest BCUT2D eigenvalue weighted by Crippen LogP contribution is -2.41. The van der Waals surface area contributed by atoms with Crippen LogP contribution in [0.4, 0.5) is 0 Å². The highest BCUT2D eigenvalue weighted by Gasteiger charge is 2.41. The predicted molar refractivity (Wildman–Crippen MR) is 65.6 cm³/mol. The van der Waals surface area contributed by atoms with Crippen molar-refractivity contribution in [1.29, 1.82) is 0 Å². The minimum absolute atomic E-state index is 0.153. The number of rotatable bonds is 5. The van der Waals surface area contributed by atoms with Crippen molar-refractivity contribution in [3.63, 3.8) is 0 Å². The van der Waals surface area contributed by atoms with Gasteiger partial charge in [0.1, 0.15) is 0 Å². The van der Waals surface area contributed by atoms with Crippen molar-refractivity contribution in [2.75, 3.05) is 6.54 Å². The van der Waals surface area contributed by atoms with Crippen LogP contribution in [0, 0.1) is 5.41 Å². The normalized spacial score (nSPS) is 19.1. The van der Waals surface area contributed by atoms with Crippen LogP contribution in [0.15, 0.2) is 11.6 Å². The Morgan fingerprint density at radius 1 is 1.35 bits per heavy atom. The molecule has 0 heterocycles. The summed E-state index contributed by atoms with van der Waals surface area (Å²) in [7, 11) is 0. The zero-order valence-corrected chi connectivity index (χ0v) is 10.6. The zero-order chi connectivity index (χ0) is 12.9. The monoisotopic (exact) mass is 239 g/mol. The van der Waals surface area contributed by atoms with Crippen molar-refractivity contribution in [3.05, 3.63) is 11.6 Å². The highest BCUT2D eigenvalue weighted by Crippen LogP contribution is 2.37. The Bertz CT molecular complexity index is 328. The van der Waals surface area contributed by atoms with Gasteiger partial charge in [-0.05, 0) is 26.2 Å². The molecule has 1 aliphatic carbocycles. The number of aliphatic carboxylic acids is 1. The second kappa shape index (κ2) is 5.84. The molecule has 4 heteroatoms. The average Bonchev–Trinajstić information content (AvgIpc) is 2.76. The summed E-state index contributed by atoms with van der Waals surface area (Å²) in [5, 5.41) is 12.0. The van der Waals surface area contributed by atoms with E-state index in [1.807, 2.05) is 13.0 Å². The molecule has 0 unspecified atom stereocenters. The minimum atomic E-state index is -0.785. The Kier molecular flexibility index (Phi) is 4.73. The largest absolute Gasteiger partial charge is 0.481 e. The molecule has 0 saturated heterocycles. The summed E-state index contributed by atoms with van der Waals surface area (Å²) in [5.41, 5.74) is -0.0756. The van der Waals surface area contributed by atoms with Crippen molar-refractivity contribution in [2.45, 2.75) is 46.0 Å². The van der Waals surface area contributed by atoms with E-state index in [-0.39, 0.29) is 12.5 Å². The number of allylic oxidation sites excluding steroid dienone is 1. The van der Waals surface area contributed by atoms with E-state index in [0.29, 0.717) is 18.4 Å². The number of carboxylic acids is 1. The Balaban J connectivity index is 2.57. The molecular formula is C13H21NO3. The van der Waals surface area contributed by atoms with E-state index >= 15 is 0 Å². The number of carbonyl (C=O) groups excluding carboxylic acids is 1. The second-order valence-corrected chi connectivity index (χ2v) is 4.77. The van der Waals surface area contributed by atoms with Crippen LogP contribution in [0.3, 0.4) is 0 Å². The fourth-order valence-corrected chi connectivity index (χ4v) is 2.31. The Labute approximate surface area is 102 Å². The van der Waals surface area contributed by atoms with Gasteiger partial charge in [0.25, 0.3) is 0 Å². The molecule has 0 aromatic rings. The molecule has 4 nitrogen and oxygen atoms in total. The van der Waals surface area contributed by atoms with E-state index in [9.17, 15) is 14.7 Å². The molecule has 0 bridgehead atoms. The molecule has 1 saturated carbocycles. The van der Waals surface area contributed by atoms with Gasteiger partial charge in [0.05, 0.1) is 5.41 Å². The van der Waals surface area contributed by atoms with Crippen LogP contribution in [-0.2, 0) is 9.59 Å². The molecule has 0 aliphatic heterocycles. The summed E-state index contributed by atoms with van der Waals surface area (Å²) >= 11 is 0. The van der Waals surface area contributed by atoms with Gasteiger partial charge in [0.15, 0.2) is 0 Å². The van der Waals surface area contributed by atoms with Gasteiger partial charge in [-0.25, -0.2) is 0 Å². The van der Waals surface area contributed by atoms with Gasteiger partial charge in [-0.3, -0.25) is 9.59 Å². The Morgan fingerprint density at radius 2 is 1.94 bits per heavy atom. The van der Waals surface area contributed by atoms with Crippen LogP contribution in [0.25, 0.3) is 0 Å². The number of nitrogens with one attached hydrogen (secondary N) is 1. The number of carbonyl (C=O) groups is 2. The number of amides is 1. The lowest BCUT2D eigenvalue weighted by molar-refractivity contribution is -0.148. The molecule has 0 aromatic heterocycles. The molecule has 1 rings (SSSR count). The highest BCUT2D eigenvalue weighted by atomic mass is 16.4. The Morgan fingerprint density at radius 3 is 2.41 bits per heavy atom. The average molecular weight is 239 g/mol. The molecule has 17 heavy (non-hydrogen) atoms. The summed E-state index contributed by atoms with van der Waals surface area (Å²) in [4.78, 5) is 22.9. The van der Waals surface area contributed by atoms with Crippen molar-refractivity contribution >= 4 is 11.9 Å². The van der Waals surface area contributed by atoms with E-state index in [1.54, 1.807) is 6.92 Å². The van der Waals surface area contributed by atoms with Crippen LogP contribution in [0.5, 0.6) is 0 Å². The van der Waals surface area contributed by atoms with Gasteiger partial charge < -0.3 is 10.4 Å². The smallest absolute Gasteiger partial charge is 0.311 e. The summed E-state index contributed by atoms with van der Waals surface area (Å²) in [6.07, 6.45) is 5.86. The SMILES string of the molecule is CC/C=C(/C)C(=O)NCC1(C(=O)O)CCCC1. The van der Waals surface area contributed by atoms with Crippen molar-refractivity contribution in [3.8, 4) is 0 Å². The van der Waals surface area contributed by atoms with Crippen LogP contribution < -0.4 is 5.32 Å². The summed E-state index contributed by atoms with van der Waals surface area (Å²) in [6.45, 7) is 3.96. The molecule has 1 amide bonds. The first-order valence-electron chi connectivity index (χ1n) is 6.20. The molecule has 0 aromatic carbocycles. The van der Waals surface area contributed by atoms with E-state index in [4.69, 9.17) is 0 Å². The quantitative estimate of drug-likeness (QED) is 0.722. The molecule has 1 fully saturated rings. The van der Waals surface area contributed by atoms with Crippen molar-refractivity contribution < 1.29 is 14.7 Å². The third-order valence-electron chi connectivity index (χ3n) is 3.47. The number of hydrogen-bond acceptors (Lipinski definition) is 2. The van der Waals surface area contributed by atoms with Gasteiger partial charge in [-0.2, -0.15) is 0 Å². The Hall–Kier alpha value is -1.32. The lowest BCUT2D eigenvalue weighted by atomic mass is 9.86. The number of carboxylic acid groups (broad SMARTS) is 1. The predicted octanol–water partition coefficient (Wildman–Crippen LogP) is 2.10. The van der Waals surface area contributed by atoms with E-state index in [2.05, 4.69) is 5.32 Å².